The molecule has 0 saturated heterocycles. The summed E-state index contributed by atoms with van der Waals surface area (Å²) in [6.45, 7) is 2.36. The summed E-state index contributed by atoms with van der Waals surface area (Å²) in [4.78, 5) is 57.9. The summed E-state index contributed by atoms with van der Waals surface area (Å²) in [5, 5.41) is 6.79. The Balaban J connectivity index is 1.75. The molecule has 3 aromatic rings. The fraction of sp³-hybridized carbons (Fsp3) is 0.321. The van der Waals surface area contributed by atoms with E-state index in [9.17, 15) is 41.1 Å². The number of H-pyrrole nitrogens is 1. The van der Waals surface area contributed by atoms with Gasteiger partial charge in [0.1, 0.15) is 18.5 Å². The number of rotatable bonds is 13. The average Bonchev–Trinajstić information content (AvgIpc) is 3.48. The molecule has 4 N–H and O–H groups in total. The molecule has 3 rings (SSSR count). The van der Waals surface area contributed by atoms with E-state index in [1.807, 2.05) is 0 Å². The predicted octanol–water partition coefficient (Wildman–Crippen LogP) is 3.34. The quantitative estimate of drug-likeness (QED) is 0.133. The molecule has 1 aromatic heterocycles. The largest absolute Gasteiger partial charge is 0.479 e. The summed E-state index contributed by atoms with van der Waals surface area (Å²) >= 11 is 0. The van der Waals surface area contributed by atoms with Crippen molar-refractivity contribution in [2.45, 2.75) is 45.2 Å². The molecule has 0 saturated carbocycles. The smallest absolute Gasteiger partial charge is 0.313 e. The van der Waals surface area contributed by atoms with E-state index in [-0.39, 0.29) is 36.9 Å². The van der Waals surface area contributed by atoms with Gasteiger partial charge in [0.05, 0.1) is 18.1 Å². The molecule has 230 valence electrons. The van der Waals surface area contributed by atoms with Gasteiger partial charge in [-0.3, -0.25) is 19.2 Å². The van der Waals surface area contributed by atoms with Crippen LogP contribution in [-0.4, -0.2) is 52.2 Å². The first-order valence-corrected chi connectivity index (χ1v) is 13.0. The summed E-state index contributed by atoms with van der Waals surface area (Å²) < 4.78 is 73.8. The summed E-state index contributed by atoms with van der Waals surface area (Å²) in [6, 6.07) is 2.38. The number of nitrogens with one attached hydrogen (secondary N) is 4. The molecule has 10 nitrogen and oxygen atoms in total. The number of carbonyl (C=O) groups excluding carboxylic acids is 4. The third-order valence-corrected chi connectivity index (χ3v) is 6.05. The average molecular weight is 610 g/mol. The molecule has 2 aromatic carbocycles. The molecule has 0 aliphatic heterocycles. The number of aromatic nitrogens is 2. The number of anilines is 1. The fourth-order valence-electron chi connectivity index (χ4n) is 3.90. The first-order chi connectivity index (χ1) is 20.4. The van der Waals surface area contributed by atoms with Gasteiger partial charge in [0.25, 0.3) is 0 Å². The van der Waals surface area contributed by atoms with Crippen LogP contribution in [0.15, 0.2) is 42.9 Å². The SMILES string of the molecule is CC(C)C[C@H](NC(=O)C(=O)Nc1ccccc1F)C(=O)N[C@H](CCc1cnc[nH]1)C(=O)COc1c(F)c(F)cc(F)c1F. The molecule has 15 heteroatoms. The number of para-hydroxylation sites is 1. The summed E-state index contributed by atoms with van der Waals surface area (Å²) in [7, 11) is 0. The summed E-state index contributed by atoms with van der Waals surface area (Å²) in [6.07, 6.45) is 2.91. The van der Waals surface area contributed by atoms with Crippen LogP contribution in [-0.2, 0) is 25.6 Å². The number of aryl methyl sites for hydroxylation is 1. The normalized spacial score (nSPS) is 12.4. The number of imidazole rings is 1. The van der Waals surface area contributed by atoms with Crippen LogP contribution in [0.25, 0.3) is 0 Å². The Morgan fingerprint density at radius 2 is 1.58 bits per heavy atom. The van der Waals surface area contributed by atoms with Crippen LogP contribution in [0.2, 0.25) is 0 Å². The number of carbonyl (C=O) groups is 4. The molecular weight excluding hydrogens is 581 g/mol. The van der Waals surface area contributed by atoms with E-state index in [0.717, 1.165) is 6.07 Å². The Morgan fingerprint density at radius 1 is 0.907 bits per heavy atom. The Hall–Kier alpha value is -4.82. The van der Waals surface area contributed by atoms with Crippen LogP contribution >= 0.6 is 0 Å². The van der Waals surface area contributed by atoms with Gasteiger partial charge >= 0.3 is 11.8 Å². The number of Topliss-reactive ketones (excluding diaryl/α,β-unsaturated/α-hetero) is 1. The predicted molar refractivity (Wildman–Crippen MR) is 142 cm³/mol. The van der Waals surface area contributed by atoms with Crippen LogP contribution in [0.4, 0.5) is 27.6 Å². The van der Waals surface area contributed by atoms with Crippen molar-refractivity contribution in [1.82, 2.24) is 20.6 Å². The highest BCUT2D eigenvalue weighted by atomic mass is 19.2. The number of hydrogen-bond donors (Lipinski definition) is 4. The minimum Gasteiger partial charge on any atom is -0.479 e. The van der Waals surface area contributed by atoms with E-state index in [2.05, 4.69) is 25.9 Å². The second kappa shape index (κ2) is 14.9. The van der Waals surface area contributed by atoms with Crippen LogP contribution in [0.1, 0.15) is 32.4 Å². The number of nitrogens with zero attached hydrogens (tertiary/aromatic N) is 1. The van der Waals surface area contributed by atoms with Crippen molar-refractivity contribution in [3.05, 3.63) is 77.6 Å². The lowest BCUT2D eigenvalue weighted by Gasteiger charge is -2.24. The van der Waals surface area contributed by atoms with Crippen molar-refractivity contribution >= 4 is 29.2 Å². The van der Waals surface area contributed by atoms with Crippen LogP contribution < -0.4 is 20.7 Å². The van der Waals surface area contributed by atoms with Crippen molar-refractivity contribution in [2.75, 3.05) is 11.9 Å². The van der Waals surface area contributed by atoms with Crippen molar-refractivity contribution in [3.63, 3.8) is 0 Å². The third-order valence-electron chi connectivity index (χ3n) is 6.05. The van der Waals surface area contributed by atoms with E-state index in [1.54, 1.807) is 13.8 Å². The lowest BCUT2D eigenvalue weighted by molar-refractivity contribution is -0.138. The van der Waals surface area contributed by atoms with E-state index in [4.69, 9.17) is 4.74 Å². The highest BCUT2D eigenvalue weighted by Crippen LogP contribution is 2.26. The van der Waals surface area contributed by atoms with Crippen molar-refractivity contribution < 1.29 is 45.9 Å². The number of amides is 3. The minimum absolute atomic E-state index is 0.0154. The van der Waals surface area contributed by atoms with Crippen LogP contribution in [0.5, 0.6) is 5.75 Å². The maximum Gasteiger partial charge on any atom is 0.313 e. The lowest BCUT2D eigenvalue weighted by Crippen LogP contribution is -2.54. The molecule has 1 heterocycles. The number of ether oxygens (including phenoxy) is 1. The summed E-state index contributed by atoms with van der Waals surface area (Å²) in [5.41, 5.74) is 0.303. The molecule has 0 bridgehead atoms. The number of aromatic amines is 1. The van der Waals surface area contributed by atoms with Crippen molar-refractivity contribution in [2.24, 2.45) is 5.92 Å². The molecule has 0 unspecified atom stereocenters. The fourth-order valence-corrected chi connectivity index (χ4v) is 3.90. The van der Waals surface area contributed by atoms with Gasteiger partial charge in [0.15, 0.2) is 23.2 Å². The number of benzene rings is 2. The van der Waals surface area contributed by atoms with Gasteiger partial charge in [-0.05, 0) is 37.3 Å². The molecule has 0 spiro atoms. The molecular formula is C28H28F5N5O5. The monoisotopic (exact) mass is 609 g/mol. The van der Waals surface area contributed by atoms with E-state index >= 15 is 0 Å². The maximum absolute atomic E-state index is 14.0. The summed E-state index contributed by atoms with van der Waals surface area (Å²) in [5.74, 6) is -13.9. The Kier molecular flexibility index (Phi) is 11.3. The minimum atomic E-state index is -1.85. The van der Waals surface area contributed by atoms with Crippen molar-refractivity contribution in [1.29, 1.82) is 0 Å². The highest BCUT2D eigenvalue weighted by Gasteiger charge is 2.30. The molecule has 0 aliphatic rings. The Labute approximate surface area is 242 Å². The lowest BCUT2D eigenvalue weighted by atomic mass is 10.0. The van der Waals surface area contributed by atoms with Gasteiger partial charge in [0, 0.05) is 18.0 Å². The van der Waals surface area contributed by atoms with Gasteiger partial charge in [-0.2, -0.15) is 8.78 Å². The maximum atomic E-state index is 14.0. The first kappa shape index (κ1) is 32.7. The zero-order valence-electron chi connectivity index (χ0n) is 23.0. The van der Waals surface area contributed by atoms with Gasteiger partial charge in [-0.1, -0.05) is 26.0 Å². The zero-order chi connectivity index (χ0) is 31.7. The Bertz CT molecular complexity index is 1440. The van der Waals surface area contributed by atoms with Gasteiger partial charge in [-0.25, -0.2) is 18.2 Å². The molecule has 2 atom stereocenters. The number of ketones is 1. The van der Waals surface area contributed by atoms with Crippen LogP contribution in [0.3, 0.4) is 0 Å². The number of hydrogen-bond acceptors (Lipinski definition) is 6. The van der Waals surface area contributed by atoms with E-state index in [1.165, 1.54) is 30.7 Å². The zero-order valence-corrected chi connectivity index (χ0v) is 23.0. The van der Waals surface area contributed by atoms with Gasteiger partial charge < -0.3 is 25.7 Å². The van der Waals surface area contributed by atoms with E-state index < -0.39 is 77.0 Å². The standard InChI is InChI=1S/C28H28F5N5O5/c1-14(2)9-21(38-28(42)27(41)36-19-6-4-3-5-16(19)29)26(40)37-20(8-7-15-11-34-13-35-15)22(39)12-43-25-23(32)17(30)10-18(31)24(25)33/h3-6,10-11,13-14,20-21H,7-9,12H2,1-2H3,(H,34,35)(H,36,41)(H,37,40)(H,38,42)/t20-,21+/m1/s1. The third kappa shape index (κ3) is 9.08. The molecule has 0 fully saturated rings. The highest BCUT2D eigenvalue weighted by molar-refractivity contribution is 6.40. The van der Waals surface area contributed by atoms with Crippen molar-refractivity contribution in [3.8, 4) is 5.75 Å². The molecule has 0 radical (unpaired) electrons. The molecule has 0 aliphatic carbocycles. The van der Waals surface area contributed by atoms with Gasteiger partial charge in [0.2, 0.25) is 17.5 Å². The first-order valence-electron chi connectivity index (χ1n) is 13.0. The second-order valence-corrected chi connectivity index (χ2v) is 9.82. The molecule has 3 amide bonds. The van der Waals surface area contributed by atoms with Crippen LogP contribution in [0, 0.1) is 35.0 Å². The molecule has 43 heavy (non-hydrogen) atoms. The van der Waals surface area contributed by atoms with E-state index in [0.29, 0.717) is 5.69 Å². The van der Waals surface area contributed by atoms with Gasteiger partial charge in [-0.15, -0.1) is 0 Å². The number of halogens is 5. The topological polar surface area (TPSA) is 142 Å². The Morgan fingerprint density at radius 3 is 2.19 bits per heavy atom. The second-order valence-electron chi connectivity index (χ2n) is 9.82.